The summed E-state index contributed by atoms with van der Waals surface area (Å²) in [6, 6.07) is 1.05. The van der Waals surface area contributed by atoms with Crippen LogP contribution >= 0.6 is 0 Å². The molecule has 0 aliphatic carbocycles. The molecule has 1 heterocycles. The molecule has 1 saturated heterocycles. The maximum atomic E-state index is 11.5. The number of carbonyl (C=O) groups is 1. The van der Waals surface area contributed by atoms with E-state index in [0.717, 1.165) is 38.4 Å². The maximum Gasteiger partial charge on any atom is 0.241 e. The van der Waals surface area contributed by atoms with Gasteiger partial charge in [0, 0.05) is 38.3 Å². The first-order chi connectivity index (χ1) is 10.1. The fourth-order valence-electron chi connectivity index (χ4n) is 2.48. The first kappa shape index (κ1) is 17.8. The molecule has 0 aromatic heterocycles. The van der Waals surface area contributed by atoms with Crippen molar-refractivity contribution in [3.05, 3.63) is 0 Å². The summed E-state index contributed by atoms with van der Waals surface area (Å²) >= 11 is 0. The molecule has 0 saturated carbocycles. The summed E-state index contributed by atoms with van der Waals surface area (Å²) in [6.45, 7) is 12.3. The van der Waals surface area contributed by atoms with E-state index >= 15 is 0 Å². The Kier molecular flexibility index (Phi) is 8.12. The molecule has 21 heavy (non-hydrogen) atoms. The van der Waals surface area contributed by atoms with Crippen molar-refractivity contribution in [2.45, 2.75) is 52.6 Å². The van der Waals surface area contributed by atoms with Gasteiger partial charge in [-0.2, -0.15) is 0 Å². The van der Waals surface area contributed by atoms with Crippen LogP contribution in [-0.4, -0.2) is 61.6 Å². The van der Waals surface area contributed by atoms with Gasteiger partial charge in [-0.25, -0.2) is 4.99 Å². The van der Waals surface area contributed by atoms with E-state index < -0.39 is 0 Å². The summed E-state index contributed by atoms with van der Waals surface area (Å²) in [5.74, 6) is 0.705. The van der Waals surface area contributed by atoms with Gasteiger partial charge in [0.05, 0.1) is 0 Å². The Balaban J connectivity index is 2.44. The van der Waals surface area contributed by atoms with Crippen molar-refractivity contribution in [1.82, 2.24) is 20.9 Å². The first-order valence-corrected chi connectivity index (χ1v) is 8.12. The van der Waals surface area contributed by atoms with Crippen LogP contribution in [0.5, 0.6) is 0 Å². The Bertz CT molecular complexity index is 335. The molecule has 0 aromatic carbocycles. The largest absolute Gasteiger partial charge is 0.357 e. The molecular formula is C15H31N5O. The van der Waals surface area contributed by atoms with Gasteiger partial charge in [-0.05, 0) is 40.5 Å². The Morgan fingerprint density at radius 3 is 2.33 bits per heavy atom. The number of carbonyl (C=O) groups excluding carboxylic acids is 1. The van der Waals surface area contributed by atoms with Crippen molar-refractivity contribution in [3.63, 3.8) is 0 Å². The quantitative estimate of drug-likeness (QED) is 0.495. The van der Waals surface area contributed by atoms with Crippen molar-refractivity contribution in [3.8, 4) is 0 Å². The number of nitrogens with zero attached hydrogens (tertiary/aromatic N) is 2. The fourth-order valence-corrected chi connectivity index (χ4v) is 2.48. The van der Waals surface area contributed by atoms with Crippen LogP contribution in [0, 0.1) is 0 Å². The Morgan fingerprint density at radius 2 is 1.81 bits per heavy atom. The summed E-state index contributed by atoms with van der Waals surface area (Å²) in [5, 5.41) is 9.41. The average Bonchev–Trinajstić information content (AvgIpc) is 2.46. The number of rotatable bonds is 6. The molecule has 0 spiro atoms. The number of amides is 1. The highest BCUT2D eigenvalue weighted by Gasteiger charge is 2.21. The molecule has 122 valence electrons. The molecule has 0 radical (unpaired) electrons. The van der Waals surface area contributed by atoms with Gasteiger partial charge < -0.3 is 20.9 Å². The molecule has 0 atom stereocenters. The van der Waals surface area contributed by atoms with Gasteiger partial charge in [-0.3, -0.25) is 4.79 Å². The molecule has 1 fully saturated rings. The maximum absolute atomic E-state index is 11.5. The predicted molar refractivity (Wildman–Crippen MR) is 87.5 cm³/mol. The van der Waals surface area contributed by atoms with Gasteiger partial charge >= 0.3 is 0 Å². The van der Waals surface area contributed by atoms with E-state index in [-0.39, 0.29) is 12.5 Å². The molecule has 0 bridgehead atoms. The summed E-state index contributed by atoms with van der Waals surface area (Å²) < 4.78 is 0. The number of piperidine rings is 1. The van der Waals surface area contributed by atoms with Crippen LogP contribution in [0.4, 0.5) is 0 Å². The summed E-state index contributed by atoms with van der Waals surface area (Å²) in [5.41, 5.74) is 0. The Morgan fingerprint density at radius 1 is 1.19 bits per heavy atom. The molecule has 1 aliphatic heterocycles. The van der Waals surface area contributed by atoms with Crippen molar-refractivity contribution in [2.24, 2.45) is 4.99 Å². The average molecular weight is 297 g/mol. The smallest absolute Gasteiger partial charge is 0.241 e. The minimum absolute atomic E-state index is 0.0377. The van der Waals surface area contributed by atoms with Crippen LogP contribution in [0.15, 0.2) is 4.99 Å². The number of nitrogens with one attached hydrogen (secondary N) is 3. The second kappa shape index (κ2) is 9.60. The highest BCUT2D eigenvalue weighted by Crippen LogP contribution is 2.12. The van der Waals surface area contributed by atoms with Crippen LogP contribution in [0.25, 0.3) is 0 Å². The van der Waals surface area contributed by atoms with Crippen LogP contribution in [-0.2, 0) is 4.79 Å². The molecule has 1 amide bonds. The van der Waals surface area contributed by atoms with Crippen LogP contribution in [0.3, 0.4) is 0 Å². The molecular weight excluding hydrogens is 266 g/mol. The monoisotopic (exact) mass is 297 g/mol. The lowest BCUT2D eigenvalue weighted by Gasteiger charge is -2.35. The van der Waals surface area contributed by atoms with Gasteiger partial charge in [0.1, 0.15) is 6.54 Å². The number of hydrogen-bond donors (Lipinski definition) is 3. The number of likely N-dealkylation sites (N-methyl/N-ethyl adjacent to an activating group) is 1. The minimum Gasteiger partial charge on any atom is -0.357 e. The lowest BCUT2D eigenvalue weighted by Crippen LogP contribution is -2.50. The van der Waals surface area contributed by atoms with Crippen LogP contribution < -0.4 is 16.0 Å². The van der Waals surface area contributed by atoms with E-state index in [9.17, 15) is 4.79 Å². The Labute approximate surface area is 128 Å². The van der Waals surface area contributed by atoms with E-state index in [1.165, 1.54) is 0 Å². The third kappa shape index (κ3) is 6.80. The third-order valence-corrected chi connectivity index (χ3v) is 3.70. The molecule has 6 nitrogen and oxygen atoms in total. The standard InChI is InChI=1S/C15H31N5O/c1-5-16-14(21)11-18-15(17-6-2)19-13-7-9-20(10-8-13)12(3)4/h12-13H,5-11H2,1-4H3,(H,16,21)(H2,17,18,19). The van der Waals surface area contributed by atoms with E-state index in [1.54, 1.807) is 0 Å². The predicted octanol–water partition coefficient (Wildman–Crippen LogP) is 0.550. The zero-order valence-electron chi connectivity index (χ0n) is 13.9. The second-order valence-electron chi connectivity index (χ2n) is 5.70. The van der Waals surface area contributed by atoms with E-state index in [2.05, 4.69) is 39.7 Å². The summed E-state index contributed by atoms with van der Waals surface area (Å²) in [7, 11) is 0. The van der Waals surface area contributed by atoms with E-state index in [1.807, 2.05) is 13.8 Å². The van der Waals surface area contributed by atoms with Crippen molar-refractivity contribution in [2.75, 3.05) is 32.7 Å². The highest BCUT2D eigenvalue weighted by molar-refractivity contribution is 5.85. The van der Waals surface area contributed by atoms with Gasteiger partial charge in [0.2, 0.25) is 5.91 Å². The fraction of sp³-hybridized carbons (Fsp3) is 0.867. The third-order valence-electron chi connectivity index (χ3n) is 3.70. The second-order valence-corrected chi connectivity index (χ2v) is 5.70. The molecule has 3 N–H and O–H groups in total. The van der Waals surface area contributed by atoms with Gasteiger partial charge in [0.25, 0.3) is 0 Å². The zero-order valence-corrected chi connectivity index (χ0v) is 13.9. The van der Waals surface area contributed by atoms with Gasteiger partial charge in [-0.15, -0.1) is 0 Å². The highest BCUT2D eigenvalue weighted by atomic mass is 16.1. The van der Waals surface area contributed by atoms with Crippen LogP contribution in [0.2, 0.25) is 0 Å². The van der Waals surface area contributed by atoms with Crippen LogP contribution in [0.1, 0.15) is 40.5 Å². The molecule has 0 unspecified atom stereocenters. The minimum atomic E-state index is -0.0377. The lowest BCUT2D eigenvalue weighted by atomic mass is 10.0. The SMILES string of the molecule is CCNC(=O)CN=C(NCC)NC1CCN(C(C)C)CC1. The molecule has 6 heteroatoms. The summed E-state index contributed by atoms with van der Waals surface area (Å²) in [6.07, 6.45) is 2.23. The van der Waals surface area contributed by atoms with Crippen molar-refractivity contribution >= 4 is 11.9 Å². The summed E-state index contributed by atoms with van der Waals surface area (Å²) in [4.78, 5) is 18.3. The van der Waals surface area contributed by atoms with Crippen molar-refractivity contribution < 1.29 is 4.79 Å². The van der Waals surface area contributed by atoms with E-state index in [0.29, 0.717) is 18.6 Å². The molecule has 1 rings (SSSR count). The van der Waals surface area contributed by atoms with E-state index in [4.69, 9.17) is 0 Å². The topological polar surface area (TPSA) is 68.8 Å². The van der Waals surface area contributed by atoms with Gasteiger partial charge in [-0.1, -0.05) is 0 Å². The number of hydrogen-bond acceptors (Lipinski definition) is 3. The zero-order chi connectivity index (χ0) is 15.7. The number of guanidine groups is 1. The molecule has 0 aromatic rings. The first-order valence-electron chi connectivity index (χ1n) is 8.12. The number of aliphatic imine (C=N–C) groups is 1. The normalized spacial score (nSPS) is 17.9. The Hall–Kier alpha value is -1.30. The lowest BCUT2D eigenvalue weighted by molar-refractivity contribution is -0.119. The van der Waals surface area contributed by atoms with Crippen molar-refractivity contribution in [1.29, 1.82) is 0 Å². The molecule has 1 aliphatic rings. The number of likely N-dealkylation sites (tertiary alicyclic amines) is 1. The van der Waals surface area contributed by atoms with Gasteiger partial charge in [0.15, 0.2) is 5.96 Å².